The van der Waals surface area contributed by atoms with Gasteiger partial charge in [-0.15, -0.1) is 8.78 Å². The van der Waals surface area contributed by atoms with E-state index in [1.165, 1.54) is 42.6 Å². The number of rotatable bonds is 14. The molecule has 2 aromatic heterocycles. The van der Waals surface area contributed by atoms with Crippen LogP contribution in [-0.2, 0) is 14.6 Å². The fourth-order valence-corrected chi connectivity index (χ4v) is 5.75. The van der Waals surface area contributed by atoms with Gasteiger partial charge in [-0.25, -0.2) is 8.42 Å². The van der Waals surface area contributed by atoms with Crippen molar-refractivity contribution >= 4 is 50.4 Å². The lowest BCUT2D eigenvalue weighted by Crippen LogP contribution is -2.31. The molecule has 13 nitrogen and oxygen atoms in total. The van der Waals surface area contributed by atoms with Crippen LogP contribution >= 0.6 is 23.2 Å². The Morgan fingerprint density at radius 2 is 1.84 bits per heavy atom. The van der Waals surface area contributed by atoms with E-state index in [9.17, 15) is 22.3 Å². The number of anilines is 3. The fraction of sp³-hybridized carbons (Fsp3) is 0.355. The number of pyridine rings is 1. The van der Waals surface area contributed by atoms with Crippen molar-refractivity contribution in [3.05, 3.63) is 76.3 Å². The number of hydrogen-bond acceptors (Lipinski definition) is 13. The van der Waals surface area contributed by atoms with Crippen molar-refractivity contribution in [2.75, 3.05) is 30.1 Å². The average molecular weight is 742 g/mol. The van der Waals surface area contributed by atoms with Gasteiger partial charge in [-0.1, -0.05) is 23.7 Å². The van der Waals surface area contributed by atoms with Gasteiger partial charge in [-0.05, 0) is 75.2 Å². The molecule has 1 aliphatic heterocycles. The molecule has 0 aliphatic carbocycles. The van der Waals surface area contributed by atoms with Crippen LogP contribution in [0.15, 0.2) is 59.6 Å². The molecule has 18 heteroatoms. The number of ether oxygens (including phenoxy) is 4. The number of benzene rings is 2. The van der Waals surface area contributed by atoms with Crippen LogP contribution in [0.5, 0.6) is 17.5 Å². The van der Waals surface area contributed by atoms with E-state index in [2.05, 4.69) is 35.3 Å². The van der Waals surface area contributed by atoms with Crippen LogP contribution in [-0.4, -0.2) is 70.9 Å². The number of sulfone groups is 1. The number of alkyl halides is 2. The highest BCUT2D eigenvalue weighted by Crippen LogP contribution is 2.47. The number of halogens is 4. The summed E-state index contributed by atoms with van der Waals surface area (Å²) in [5.41, 5.74) is 0.248. The Kier molecular flexibility index (Phi) is 10.6. The molecule has 262 valence electrons. The van der Waals surface area contributed by atoms with Gasteiger partial charge in [0.05, 0.1) is 45.2 Å². The largest absolute Gasteiger partial charge is 0.586 e. The first-order valence-electron chi connectivity index (χ1n) is 14.7. The van der Waals surface area contributed by atoms with Crippen LogP contribution < -0.4 is 24.8 Å². The maximum Gasteiger partial charge on any atom is 0.586 e. The van der Waals surface area contributed by atoms with Gasteiger partial charge in [-0.3, -0.25) is 4.98 Å². The second-order valence-electron chi connectivity index (χ2n) is 11.6. The molecule has 4 aromatic rings. The predicted molar refractivity (Wildman–Crippen MR) is 177 cm³/mol. The van der Waals surface area contributed by atoms with E-state index in [0.717, 1.165) is 6.26 Å². The zero-order valence-electron chi connectivity index (χ0n) is 26.6. The summed E-state index contributed by atoms with van der Waals surface area (Å²) in [5, 5.41) is 15.4. The summed E-state index contributed by atoms with van der Waals surface area (Å²) in [7, 11) is -3.70. The Morgan fingerprint density at radius 1 is 1.06 bits per heavy atom. The van der Waals surface area contributed by atoms with Gasteiger partial charge in [0.1, 0.15) is 6.10 Å². The molecule has 0 saturated heterocycles. The number of aliphatic hydroxyl groups excluding tert-OH is 1. The fourth-order valence-electron chi connectivity index (χ4n) is 4.72. The van der Waals surface area contributed by atoms with Gasteiger partial charge in [0.25, 0.3) is 0 Å². The Balaban J connectivity index is 1.51. The van der Waals surface area contributed by atoms with E-state index in [-0.39, 0.29) is 74.5 Å². The molecule has 5 rings (SSSR count). The molecule has 2 atom stereocenters. The number of fused-ring (bicyclic) bond motifs is 1. The molecule has 0 spiro atoms. The maximum atomic E-state index is 14.2. The predicted octanol–water partition coefficient (Wildman–Crippen LogP) is 6.19. The molecular formula is C31H32Cl2F2N6O7S. The molecule has 0 bridgehead atoms. The third-order valence-electron chi connectivity index (χ3n) is 7.11. The highest BCUT2D eigenvalue weighted by molar-refractivity contribution is 7.90. The summed E-state index contributed by atoms with van der Waals surface area (Å²) in [4.78, 5) is 16.8. The van der Waals surface area contributed by atoms with Crippen LogP contribution in [0.2, 0.25) is 10.3 Å². The Labute approximate surface area is 290 Å². The lowest BCUT2D eigenvalue weighted by Gasteiger charge is -2.26. The van der Waals surface area contributed by atoms with Crippen molar-refractivity contribution < 1.29 is 41.3 Å². The Morgan fingerprint density at radius 3 is 2.55 bits per heavy atom. The van der Waals surface area contributed by atoms with E-state index in [1.54, 1.807) is 19.1 Å². The molecule has 0 fully saturated rings. The quantitative estimate of drug-likeness (QED) is 0.134. The number of aliphatic hydroxyl groups is 1. The first-order chi connectivity index (χ1) is 23.0. The summed E-state index contributed by atoms with van der Waals surface area (Å²) in [6.45, 7) is 5.50. The second kappa shape index (κ2) is 14.4. The second-order valence-corrected chi connectivity index (χ2v) is 14.3. The van der Waals surface area contributed by atoms with Gasteiger partial charge >= 0.3 is 12.3 Å². The van der Waals surface area contributed by atoms with Crippen molar-refractivity contribution in [3.8, 4) is 17.5 Å². The SMILES string of the molecule is CC(COC(C)(C)CCO)Oc1nc(Cl)nc(Nc2cc(S(C)(=O)=O)ccc2N[C@@H](c2cccc3c2OC(F)(F)O3)c2ncccc2Cl)n1. The third kappa shape index (κ3) is 9.13. The minimum Gasteiger partial charge on any atom is -0.458 e. The van der Waals surface area contributed by atoms with Gasteiger partial charge in [0, 0.05) is 24.6 Å². The van der Waals surface area contributed by atoms with Gasteiger partial charge in [0.2, 0.25) is 11.2 Å². The number of para-hydroxylation sites is 1. The van der Waals surface area contributed by atoms with Gasteiger partial charge in [-0.2, -0.15) is 15.0 Å². The minimum atomic E-state index is -3.91. The topological polar surface area (TPSA) is 167 Å². The first-order valence-corrected chi connectivity index (χ1v) is 17.4. The molecule has 3 heterocycles. The summed E-state index contributed by atoms with van der Waals surface area (Å²) < 4.78 is 74.7. The van der Waals surface area contributed by atoms with Crippen LogP contribution in [0, 0.1) is 0 Å². The van der Waals surface area contributed by atoms with Crippen molar-refractivity contribution in [1.82, 2.24) is 19.9 Å². The van der Waals surface area contributed by atoms with E-state index in [1.807, 2.05) is 13.8 Å². The van der Waals surface area contributed by atoms with Crippen molar-refractivity contribution in [3.63, 3.8) is 0 Å². The van der Waals surface area contributed by atoms with Gasteiger partial charge in [0.15, 0.2) is 21.3 Å². The molecule has 49 heavy (non-hydrogen) atoms. The minimum absolute atomic E-state index is 0.0426. The van der Waals surface area contributed by atoms with Crippen LogP contribution in [0.1, 0.15) is 44.5 Å². The van der Waals surface area contributed by atoms with Crippen molar-refractivity contribution in [2.45, 2.75) is 56.1 Å². The number of aromatic nitrogens is 4. The standard InChI is InChI=1S/C31H32Cl2F2N6O7S/c1-17(16-45-30(2,3)12-14-42)46-29-40-27(33)39-28(41-29)38-22-15-18(49(4,43)44)10-11-21(22)37-24(25-20(32)8-6-13-36-25)19-7-5-9-23-26(19)48-31(34,35)47-23/h5-11,13,15,17,24,37,42H,12,14,16H2,1-4H3,(H,38,39,40,41)/t17?,24-/m0/s1. The van der Waals surface area contributed by atoms with Crippen molar-refractivity contribution in [1.29, 1.82) is 0 Å². The number of hydrogen-bond donors (Lipinski definition) is 3. The normalized spacial score (nSPS) is 15.0. The molecule has 2 aromatic carbocycles. The first kappa shape index (κ1) is 36.2. The summed E-state index contributed by atoms with van der Waals surface area (Å²) in [6.07, 6.45) is -1.51. The smallest absolute Gasteiger partial charge is 0.458 e. The van der Waals surface area contributed by atoms with Crippen molar-refractivity contribution in [2.24, 2.45) is 0 Å². The molecule has 0 amide bonds. The Hall–Kier alpha value is -4.09. The van der Waals surface area contributed by atoms with Crippen LogP contribution in [0.4, 0.5) is 26.1 Å². The zero-order chi connectivity index (χ0) is 35.6. The summed E-state index contributed by atoms with van der Waals surface area (Å²) in [6, 6.07) is 10.5. The number of nitrogens with one attached hydrogen (secondary N) is 2. The lowest BCUT2D eigenvalue weighted by molar-refractivity contribution is -0.287. The summed E-state index contributed by atoms with van der Waals surface area (Å²) >= 11 is 12.8. The Bertz CT molecular complexity index is 1940. The third-order valence-corrected chi connectivity index (χ3v) is 8.71. The molecule has 1 unspecified atom stereocenters. The monoisotopic (exact) mass is 740 g/mol. The van der Waals surface area contributed by atoms with Gasteiger partial charge < -0.3 is 34.7 Å². The zero-order valence-corrected chi connectivity index (χ0v) is 28.9. The van der Waals surface area contributed by atoms with E-state index < -0.39 is 33.9 Å². The highest BCUT2D eigenvalue weighted by atomic mass is 35.5. The summed E-state index contributed by atoms with van der Waals surface area (Å²) in [5.74, 6) is -0.546. The molecular weight excluding hydrogens is 709 g/mol. The molecule has 0 saturated carbocycles. The molecule has 1 aliphatic rings. The maximum absolute atomic E-state index is 14.2. The van der Waals surface area contributed by atoms with Crippen LogP contribution in [0.3, 0.4) is 0 Å². The van der Waals surface area contributed by atoms with Crippen LogP contribution in [0.25, 0.3) is 0 Å². The highest BCUT2D eigenvalue weighted by Gasteiger charge is 2.45. The lowest BCUT2D eigenvalue weighted by atomic mass is 10.0. The van der Waals surface area contributed by atoms with E-state index in [4.69, 9.17) is 37.4 Å². The molecule has 3 N–H and O–H groups in total. The average Bonchev–Trinajstić information content (AvgIpc) is 3.33. The molecule has 0 radical (unpaired) electrons. The van der Waals surface area contributed by atoms with E-state index in [0.29, 0.717) is 6.42 Å². The number of nitrogens with zero attached hydrogens (tertiary/aromatic N) is 4. The van der Waals surface area contributed by atoms with E-state index >= 15 is 0 Å².